The summed E-state index contributed by atoms with van der Waals surface area (Å²) in [7, 11) is 0. The van der Waals surface area contributed by atoms with Crippen molar-refractivity contribution >= 4 is 15.9 Å². The average molecular weight is 329 g/mol. The molecule has 2 aromatic carbocycles. The van der Waals surface area contributed by atoms with Gasteiger partial charge in [-0.15, -0.1) is 0 Å². The SMILES string of the molecule is Oc1ccccc1Cn1ccnc1-c1ccc(Br)cc1. The quantitative estimate of drug-likeness (QED) is 0.787. The van der Waals surface area contributed by atoms with Gasteiger partial charge in [0.2, 0.25) is 0 Å². The molecule has 0 radical (unpaired) electrons. The van der Waals surface area contributed by atoms with Gasteiger partial charge in [0, 0.05) is 28.0 Å². The number of hydrogen-bond donors (Lipinski definition) is 1. The van der Waals surface area contributed by atoms with Crippen LogP contribution in [-0.2, 0) is 6.54 Å². The first-order valence-corrected chi connectivity index (χ1v) is 7.07. The van der Waals surface area contributed by atoms with E-state index in [1.165, 1.54) is 0 Å². The third-order valence-electron chi connectivity index (χ3n) is 3.15. The molecule has 3 rings (SSSR count). The number of para-hydroxylation sites is 1. The zero-order chi connectivity index (χ0) is 13.9. The van der Waals surface area contributed by atoms with E-state index in [0.29, 0.717) is 12.3 Å². The van der Waals surface area contributed by atoms with E-state index in [9.17, 15) is 5.11 Å². The van der Waals surface area contributed by atoms with Crippen molar-refractivity contribution in [3.05, 3.63) is 71.0 Å². The molecule has 0 aliphatic carbocycles. The molecule has 0 bridgehead atoms. The molecule has 0 saturated carbocycles. The highest BCUT2D eigenvalue weighted by Gasteiger charge is 2.08. The molecule has 0 saturated heterocycles. The third kappa shape index (κ3) is 2.60. The molecule has 1 heterocycles. The van der Waals surface area contributed by atoms with Crippen molar-refractivity contribution in [3.63, 3.8) is 0 Å². The molecule has 3 aromatic rings. The molecule has 0 spiro atoms. The van der Waals surface area contributed by atoms with Crippen LogP contribution in [0.5, 0.6) is 5.75 Å². The highest BCUT2D eigenvalue weighted by Crippen LogP contribution is 2.23. The van der Waals surface area contributed by atoms with Gasteiger partial charge in [-0.3, -0.25) is 0 Å². The fraction of sp³-hybridized carbons (Fsp3) is 0.0625. The summed E-state index contributed by atoms with van der Waals surface area (Å²) >= 11 is 3.43. The molecule has 0 unspecified atom stereocenters. The molecular formula is C16H13BrN2O. The Morgan fingerprint density at radius 2 is 1.80 bits per heavy atom. The maximum atomic E-state index is 9.87. The van der Waals surface area contributed by atoms with Gasteiger partial charge < -0.3 is 9.67 Å². The van der Waals surface area contributed by atoms with Gasteiger partial charge in [0.15, 0.2) is 0 Å². The Labute approximate surface area is 125 Å². The number of benzene rings is 2. The van der Waals surface area contributed by atoms with Crippen LogP contribution in [0.4, 0.5) is 0 Å². The van der Waals surface area contributed by atoms with E-state index in [1.54, 1.807) is 12.3 Å². The van der Waals surface area contributed by atoms with Crippen molar-refractivity contribution in [2.24, 2.45) is 0 Å². The monoisotopic (exact) mass is 328 g/mol. The number of hydrogen-bond acceptors (Lipinski definition) is 2. The summed E-state index contributed by atoms with van der Waals surface area (Å²) in [5, 5.41) is 9.87. The number of imidazole rings is 1. The Morgan fingerprint density at radius 1 is 1.05 bits per heavy atom. The van der Waals surface area contributed by atoms with E-state index < -0.39 is 0 Å². The van der Waals surface area contributed by atoms with Crippen LogP contribution in [0.15, 0.2) is 65.4 Å². The molecular weight excluding hydrogens is 316 g/mol. The van der Waals surface area contributed by atoms with Gasteiger partial charge in [-0.25, -0.2) is 4.98 Å². The van der Waals surface area contributed by atoms with Crippen molar-refractivity contribution in [1.82, 2.24) is 9.55 Å². The maximum Gasteiger partial charge on any atom is 0.140 e. The standard InChI is InChI=1S/C16H13BrN2O/c17-14-7-5-12(6-8-14)16-18-9-10-19(16)11-13-3-1-2-4-15(13)20/h1-10,20H,11H2. The lowest BCUT2D eigenvalue weighted by atomic mass is 10.2. The first-order chi connectivity index (χ1) is 9.74. The van der Waals surface area contributed by atoms with Gasteiger partial charge in [0.05, 0.1) is 6.54 Å². The van der Waals surface area contributed by atoms with Gasteiger partial charge >= 0.3 is 0 Å². The summed E-state index contributed by atoms with van der Waals surface area (Å²) in [6.07, 6.45) is 3.70. The Morgan fingerprint density at radius 3 is 2.55 bits per heavy atom. The minimum Gasteiger partial charge on any atom is -0.508 e. The number of phenols is 1. The number of rotatable bonds is 3. The molecule has 0 amide bonds. The zero-order valence-corrected chi connectivity index (χ0v) is 12.3. The summed E-state index contributed by atoms with van der Waals surface area (Å²) in [6.45, 7) is 0.595. The van der Waals surface area contributed by atoms with E-state index in [1.807, 2.05) is 53.2 Å². The molecule has 0 fully saturated rings. The normalized spacial score (nSPS) is 10.7. The van der Waals surface area contributed by atoms with Crippen molar-refractivity contribution in [2.75, 3.05) is 0 Å². The Bertz CT molecular complexity index is 719. The van der Waals surface area contributed by atoms with Crippen LogP contribution >= 0.6 is 15.9 Å². The lowest BCUT2D eigenvalue weighted by Crippen LogP contribution is -2.01. The number of halogens is 1. The molecule has 0 aliphatic heterocycles. The second-order valence-electron chi connectivity index (χ2n) is 4.51. The zero-order valence-electron chi connectivity index (χ0n) is 10.7. The Hall–Kier alpha value is -2.07. The summed E-state index contributed by atoms with van der Waals surface area (Å²) in [5.41, 5.74) is 1.93. The van der Waals surface area contributed by atoms with E-state index in [4.69, 9.17) is 0 Å². The minimum atomic E-state index is 0.308. The lowest BCUT2D eigenvalue weighted by Gasteiger charge is -2.09. The second-order valence-corrected chi connectivity index (χ2v) is 5.43. The van der Waals surface area contributed by atoms with Gasteiger partial charge in [-0.1, -0.05) is 46.3 Å². The molecule has 100 valence electrons. The van der Waals surface area contributed by atoms with Crippen LogP contribution in [-0.4, -0.2) is 14.7 Å². The maximum absolute atomic E-state index is 9.87. The van der Waals surface area contributed by atoms with E-state index >= 15 is 0 Å². The highest BCUT2D eigenvalue weighted by molar-refractivity contribution is 9.10. The Balaban J connectivity index is 1.95. The Kier molecular flexibility index (Phi) is 3.56. The predicted molar refractivity (Wildman–Crippen MR) is 82.6 cm³/mol. The number of aromatic nitrogens is 2. The fourth-order valence-electron chi connectivity index (χ4n) is 2.12. The van der Waals surface area contributed by atoms with Crippen LogP contribution in [0.2, 0.25) is 0 Å². The second kappa shape index (κ2) is 5.51. The number of nitrogens with zero attached hydrogens (tertiary/aromatic N) is 2. The minimum absolute atomic E-state index is 0.308. The molecule has 0 aliphatic rings. The van der Waals surface area contributed by atoms with Crippen LogP contribution in [0, 0.1) is 0 Å². The topological polar surface area (TPSA) is 38.0 Å². The largest absolute Gasteiger partial charge is 0.508 e. The van der Waals surface area contributed by atoms with E-state index in [-0.39, 0.29) is 0 Å². The highest BCUT2D eigenvalue weighted by atomic mass is 79.9. The predicted octanol–water partition coefficient (Wildman–Crippen LogP) is 4.07. The van der Waals surface area contributed by atoms with Gasteiger partial charge in [0.25, 0.3) is 0 Å². The smallest absolute Gasteiger partial charge is 0.140 e. The summed E-state index contributed by atoms with van der Waals surface area (Å²) < 4.78 is 3.07. The van der Waals surface area contributed by atoms with Gasteiger partial charge in [-0.2, -0.15) is 0 Å². The summed E-state index contributed by atoms with van der Waals surface area (Å²) in [5.74, 6) is 1.20. The van der Waals surface area contributed by atoms with Crippen molar-refractivity contribution in [1.29, 1.82) is 0 Å². The van der Waals surface area contributed by atoms with Gasteiger partial charge in [0.1, 0.15) is 11.6 Å². The summed E-state index contributed by atoms with van der Waals surface area (Å²) in [4.78, 5) is 4.41. The number of aromatic hydroxyl groups is 1. The first kappa shape index (κ1) is 12.9. The lowest BCUT2D eigenvalue weighted by molar-refractivity contribution is 0.466. The molecule has 1 aromatic heterocycles. The van der Waals surface area contributed by atoms with Crippen LogP contribution in [0.1, 0.15) is 5.56 Å². The molecule has 4 heteroatoms. The van der Waals surface area contributed by atoms with Crippen molar-refractivity contribution in [3.8, 4) is 17.1 Å². The molecule has 3 nitrogen and oxygen atoms in total. The van der Waals surface area contributed by atoms with Crippen LogP contribution in [0.3, 0.4) is 0 Å². The third-order valence-corrected chi connectivity index (χ3v) is 3.68. The van der Waals surface area contributed by atoms with Crippen molar-refractivity contribution in [2.45, 2.75) is 6.54 Å². The average Bonchev–Trinajstić information content (AvgIpc) is 2.90. The van der Waals surface area contributed by atoms with E-state index in [0.717, 1.165) is 21.4 Å². The fourth-order valence-corrected chi connectivity index (χ4v) is 2.39. The van der Waals surface area contributed by atoms with Crippen molar-refractivity contribution < 1.29 is 5.11 Å². The molecule has 20 heavy (non-hydrogen) atoms. The molecule has 1 N–H and O–H groups in total. The van der Waals surface area contributed by atoms with Crippen LogP contribution in [0.25, 0.3) is 11.4 Å². The van der Waals surface area contributed by atoms with Gasteiger partial charge in [-0.05, 0) is 18.2 Å². The molecule has 0 atom stereocenters. The van der Waals surface area contributed by atoms with E-state index in [2.05, 4.69) is 20.9 Å². The first-order valence-electron chi connectivity index (χ1n) is 6.28. The summed E-state index contributed by atoms with van der Waals surface area (Å²) in [6, 6.07) is 15.4. The number of phenolic OH excluding ortho intramolecular Hbond substituents is 1. The van der Waals surface area contributed by atoms with Crippen LogP contribution < -0.4 is 0 Å².